The number of hydrogen-bond acceptors (Lipinski definition) is 6. The number of nitrogens with one attached hydrogen (secondary N) is 1. The van der Waals surface area contributed by atoms with Crippen LogP contribution in [0.25, 0.3) is 0 Å². The van der Waals surface area contributed by atoms with Gasteiger partial charge in [0, 0.05) is 23.8 Å². The van der Waals surface area contributed by atoms with Crippen LogP contribution in [0.3, 0.4) is 0 Å². The van der Waals surface area contributed by atoms with Crippen molar-refractivity contribution >= 4 is 40.6 Å². The molecular weight excluding hydrogens is 368 g/mol. The fourth-order valence-electron chi connectivity index (χ4n) is 3.04. The SMILES string of the molecule is Cc1cc(C(=O)N2CCCCC2C)ccc1NC(=O)CSc1nncs1. The van der Waals surface area contributed by atoms with E-state index in [4.69, 9.17) is 0 Å². The van der Waals surface area contributed by atoms with Crippen LogP contribution in [0.15, 0.2) is 28.0 Å². The summed E-state index contributed by atoms with van der Waals surface area (Å²) < 4.78 is 0.772. The maximum atomic E-state index is 12.8. The number of carbonyl (C=O) groups is 2. The first kappa shape index (κ1) is 18.8. The van der Waals surface area contributed by atoms with E-state index in [1.807, 2.05) is 24.0 Å². The van der Waals surface area contributed by atoms with Gasteiger partial charge in [-0.3, -0.25) is 9.59 Å². The van der Waals surface area contributed by atoms with Crippen LogP contribution in [-0.2, 0) is 4.79 Å². The molecule has 1 atom stereocenters. The molecule has 0 saturated carbocycles. The summed E-state index contributed by atoms with van der Waals surface area (Å²) >= 11 is 2.77. The normalized spacial score (nSPS) is 17.2. The zero-order valence-electron chi connectivity index (χ0n) is 14.9. The Morgan fingerprint density at radius 1 is 1.38 bits per heavy atom. The minimum Gasteiger partial charge on any atom is -0.336 e. The first-order chi connectivity index (χ1) is 12.5. The molecule has 2 aromatic rings. The molecular formula is C18H22N4O2S2. The number of amides is 2. The third-order valence-electron chi connectivity index (χ3n) is 4.48. The molecule has 1 saturated heterocycles. The Morgan fingerprint density at radius 3 is 2.92 bits per heavy atom. The number of anilines is 1. The van der Waals surface area contributed by atoms with Crippen molar-refractivity contribution in [3.05, 3.63) is 34.8 Å². The molecule has 1 aliphatic rings. The fourth-order valence-corrected chi connectivity index (χ4v) is 4.33. The quantitative estimate of drug-likeness (QED) is 0.790. The number of thioether (sulfide) groups is 1. The lowest BCUT2D eigenvalue weighted by atomic mass is 10.0. The molecule has 3 rings (SSSR count). The number of likely N-dealkylation sites (tertiary alicyclic amines) is 1. The van der Waals surface area contributed by atoms with Gasteiger partial charge in [-0.25, -0.2) is 0 Å². The van der Waals surface area contributed by atoms with Crippen molar-refractivity contribution in [1.82, 2.24) is 15.1 Å². The van der Waals surface area contributed by atoms with Gasteiger partial charge in [-0.05, 0) is 56.9 Å². The predicted octanol–water partition coefficient (Wildman–Crippen LogP) is 3.59. The van der Waals surface area contributed by atoms with Gasteiger partial charge in [0.2, 0.25) is 5.91 Å². The highest BCUT2D eigenvalue weighted by molar-refractivity contribution is 8.01. The van der Waals surface area contributed by atoms with Gasteiger partial charge in [-0.1, -0.05) is 23.1 Å². The molecule has 26 heavy (non-hydrogen) atoms. The van der Waals surface area contributed by atoms with E-state index < -0.39 is 0 Å². The summed E-state index contributed by atoms with van der Waals surface area (Å²) in [6, 6.07) is 5.75. The van der Waals surface area contributed by atoms with Crippen LogP contribution in [-0.4, -0.2) is 45.3 Å². The van der Waals surface area contributed by atoms with Gasteiger partial charge in [0.25, 0.3) is 5.91 Å². The van der Waals surface area contributed by atoms with E-state index in [9.17, 15) is 9.59 Å². The van der Waals surface area contributed by atoms with E-state index >= 15 is 0 Å². The number of aryl methyl sites for hydroxylation is 1. The van der Waals surface area contributed by atoms with E-state index in [0.717, 1.165) is 35.0 Å². The summed E-state index contributed by atoms with van der Waals surface area (Å²) in [5.74, 6) is 0.252. The van der Waals surface area contributed by atoms with Crippen molar-refractivity contribution in [3.63, 3.8) is 0 Å². The van der Waals surface area contributed by atoms with Crippen LogP contribution in [0.2, 0.25) is 0 Å². The van der Waals surface area contributed by atoms with Crippen LogP contribution in [0, 0.1) is 6.92 Å². The zero-order valence-corrected chi connectivity index (χ0v) is 16.5. The lowest BCUT2D eigenvalue weighted by Crippen LogP contribution is -2.42. The molecule has 1 aliphatic heterocycles. The first-order valence-electron chi connectivity index (χ1n) is 8.65. The molecule has 1 N–H and O–H groups in total. The van der Waals surface area contributed by atoms with E-state index in [0.29, 0.717) is 5.56 Å². The Hall–Kier alpha value is -1.93. The molecule has 138 valence electrons. The highest BCUT2D eigenvalue weighted by atomic mass is 32.2. The van der Waals surface area contributed by atoms with E-state index in [1.54, 1.807) is 11.6 Å². The molecule has 0 aliphatic carbocycles. The molecule has 1 aromatic heterocycles. The fraction of sp³-hybridized carbons (Fsp3) is 0.444. The average molecular weight is 391 g/mol. The maximum absolute atomic E-state index is 12.8. The molecule has 1 unspecified atom stereocenters. The second-order valence-electron chi connectivity index (χ2n) is 6.41. The summed E-state index contributed by atoms with van der Waals surface area (Å²) in [4.78, 5) is 26.8. The largest absolute Gasteiger partial charge is 0.336 e. The molecule has 0 spiro atoms. The van der Waals surface area contributed by atoms with Crippen molar-refractivity contribution in [2.75, 3.05) is 17.6 Å². The van der Waals surface area contributed by atoms with Crippen molar-refractivity contribution in [1.29, 1.82) is 0 Å². The highest BCUT2D eigenvalue weighted by Gasteiger charge is 2.24. The monoisotopic (exact) mass is 390 g/mol. The molecule has 0 radical (unpaired) electrons. The van der Waals surface area contributed by atoms with Crippen molar-refractivity contribution in [2.24, 2.45) is 0 Å². The Kier molecular flexibility index (Phi) is 6.26. The molecule has 1 fully saturated rings. The predicted molar refractivity (Wildman–Crippen MR) is 105 cm³/mol. The van der Waals surface area contributed by atoms with Crippen molar-refractivity contribution in [3.8, 4) is 0 Å². The van der Waals surface area contributed by atoms with Crippen molar-refractivity contribution in [2.45, 2.75) is 43.5 Å². The summed E-state index contributed by atoms with van der Waals surface area (Å²) in [5.41, 5.74) is 3.94. The van der Waals surface area contributed by atoms with Crippen LogP contribution in [0.5, 0.6) is 0 Å². The summed E-state index contributed by atoms with van der Waals surface area (Å²) in [7, 11) is 0. The Balaban J connectivity index is 1.61. The number of benzene rings is 1. The van der Waals surface area contributed by atoms with Gasteiger partial charge < -0.3 is 10.2 Å². The van der Waals surface area contributed by atoms with Crippen molar-refractivity contribution < 1.29 is 9.59 Å². The lowest BCUT2D eigenvalue weighted by Gasteiger charge is -2.33. The third-order valence-corrected chi connectivity index (χ3v) is 6.34. The number of rotatable bonds is 5. The van der Waals surface area contributed by atoms with E-state index in [-0.39, 0.29) is 23.6 Å². The second-order valence-corrected chi connectivity index (χ2v) is 8.47. The molecule has 2 heterocycles. The van der Waals surface area contributed by atoms with Gasteiger partial charge in [-0.15, -0.1) is 10.2 Å². The molecule has 1 aromatic carbocycles. The van der Waals surface area contributed by atoms with Gasteiger partial charge in [0.05, 0.1) is 5.75 Å². The lowest BCUT2D eigenvalue weighted by molar-refractivity contribution is -0.113. The number of piperidine rings is 1. The standard InChI is InChI=1S/C18H22N4O2S2/c1-12-9-14(17(24)22-8-4-3-5-13(22)2)6-7-15(12)20-16(23)10-25-18-21-19-11-26-18/h6-7,9,11,13H,3-5,8,10H2,1-2H3,(H,20,23). The minimum absolute atomic E-state index is 0.0741. The Morgan fingerprint density at radius 2 is 2.23 bits per heavy atom. The first-order valence-corrected chi connectivity index (χ1v) is 10.5. The summed E-state index contributed by atoms with van der Waals surface area (Å²) in [6.45, 7) is 4.83. The van der Waals surface area contributed by atoms with Gasteiger partial charge in [-0.2, -0.15) is 0 Å². The van der Waals surface area contributed by atoms with Crippen LogP contribution < -0.4 is 5.32 Å². The third kappa shape index (κ3) is 4.62. The Bertz CT molecular complexity index is 780. The molecule has 0 bridgehead atoms. The smallest absolute Gasteiger partial charge is 0.254 e. The minimum atomic E-state index is -0.1000. The number of carbonyl (C=O) groups excluding carboxylic acids is 2. The van der Waals surface area contributed by atoms with Crippen LogP contribution in [0.1, 0.15) is 42.1 Å². The topological polar surface area (TPSA) is 75.2 Å². The second kappa shape index (κ2) is 8.64. The number of nitrogens with zero attached hydrogens (tertiary/aromatic N) is 3. The van der Waals surface area contributed by atoms with Crippen LogP contribution >= 0.6 is 23.1 Å². The zero-order chi connectivity index (χ0) is 18.5. The highest BCUT2D eigenvalue weighted by Crippen LogP contribution is 2.23. The molecule has 2 amide bonds. The van der Waals surface area contributed by atoms with E-state index in [2.05, 4.69) is 22.4 Å². The Labute approximate surface area is 161 Å². The van der Waals surface area contributed by atoms with Gasteiger partial charge in [0.1, 0.15) is 5.51 Å². The van der Waals surface area contributed by atoms with Gasteiger partial charge >= 0.3 is 0 Å². The summed E-state index contributed by atoms with van der Waals surface area (Å²) in [5, 5.41) is 10.6. The summed E-state index contributed by atoms with van der Waals surface area (Å²) in [6.07, 6.45) is 3.31. The maximum Gasteiger partial charge on any atom is 0.254 e. The van der Waals surface area contributed by atoms with E-state index in [1.165, 1.54) is 29.5 Å². The average Bonchev–Trinajstić information content (AvgIpc) is 3.15. The molecule has 8 heteroatoms. The van der Waals surface area contributed by atoms with Crippen LogP contribution in [0.4, 0.5) is 5.69 Å². The van der Waals surface area contributed by atoms with Gasteiger partial charge in [0.15, 0.2) is 4.34 Å². The molecule has 6 nitrogen and oxygen atoms in total. The number of aromatic nitrogens is 2. The number of hydrogen-bond donors (Lipinski definition) is 1.